The molecule has 0 spiro atoms. The van der Waals surface area contributed by atoms with E-state index in [-0.39, 0.29) is 108 Å². The van der Waals surface area contributed by atoms with Crippen LogP contribution in [-0.4, -0.2) is 312 Å². The Bertz CT molecular complexity index is 5070. The first-order valence-corrected chi connectivity index (χ1v) is 47.0. The second kappa shape index (κ2) is 51.1. The van der Waals surface area contributed by atoms with Gasteiger partial charge in [0.05, 0.1) is 24.8 Å². The van der Waals surface area contributed by atoms with E-state index in [0.29, 0.717) is 64.2 Å². The number of aliphatic hydroxyl groups is 1. The molecule has 3 aliphatic heterocycles. The number of para-hydroxylation sites is 2. The molecule has 17 amide bonds. The maximum Gasteiger partial charge on any atom is 0.323 e. The van der Waals surface area contributed by atoms with Crippen LogP contribution in [0.25, 0.3) is 21.8 Å². The van der Waals surface area contributed by atoms with Gasteiger partial charge in [0.2, 0.25) is 100 Å². The fourth-order valence-electron chi connectivity index (χ4n) is 17.0. The van der Waals surface area contributed by atoms with Crippen molar-refractivity contribution in [1.29, 1.82) is 0 Å². The van der Waals surface area contributed by atoms with E-state index in [1.807, 2.05) is 13.8 Å². The first-order valence-electron chi connectivity index (χ1n) is 45.8. The minimum absolute atomic E-state index is 0.00414. The van der Waals surface area contributed by atoms with Crippen LogP contribution in [0.2, 0.25) is 0 Å². The molecule has 3 aromatic carbocycles. The number of rotatable bonds is 27. The predicted molar refractivity (Wildman–Crippen MR) is 499 cm³/mol. The summed E-state index contributed by atoms with van der Waals surface area (Å²) in [6, 6.07) is -2.01. The van der Waals surface area contributed by atoms with Crippen LogP contribution in [0.5, 0.6) is 5.75 Å². The summed E-state index contributed by atoms with van der Waals surface area (Å²) in [5, 5.41) is 59.6. The number of H-pyrrole nitrogens is 1. The fourth-order valence-corrected chi connectivity index (χ4v) is 17.8. The summed E-state index contributed by atoms with van der Waals surface area (Å²) < 4.78 is 1.45. The Labute approximate surface area is 787 Å². The molecule has 5 heterocycles. The molecule has 5 aromatic rings. The SMILES string of the molecule is CCCC[C@H]1C(=O)N(C)[C@@H](CCCC)C(=O)N[C@@H](CC(C)C)C(=O)N[C@H](C(=O)NCC(N)=O)CSCC(=O)N[C@@H](Cc2ccc(O)cc2)C(=O)N(C)[C@@H](C)C(=O)N[C@@H](CC(N)=O)C(=O)N2CCC[C@H]2C(=O)N[C@@H](CN)C(=O)N[C@@H](CC(C)C)C(=O)N2C[C@H](O)C[C@H]2C(=O)N[C@@H](Cc2c[nH]c3ccccc23)C(=O)N[C@@H](CCCN)C(=O)N[C@@H](Cc2cn(CC(=O)O)c3ccccc23)C(=O)N1C. The Morgan fingerprint density at radius 3 is 1.73 bits per heavy atom. The number of carbonyl (C=O) groups excluding carboxylic acids is 17. The molecule has 2 aromatic heterocycles. The lowest BCUT2D eigenvalue weighted by Gasteiger charge is -2.36. The molecule has 0 unspecified atom stereocenters. The van der Waals surface area contributed by atoms with Crippen molar-refractivity contribution in [3.63, 3.8) is 0 Å². The average Bonchev–Trinajstić information content (AvgIpc) is 1.59. The van der Waals surface area contributed by atoms with Crippen LogP contribution in [0.1, 0.15) is 155 Å². The van der Waals surface area contributed by atoms with Crippen molar-refractivity contribution < 1.29 is 102 Å². The van der Waals surface area contributed by atoms with E-state index in [9.17, 15) is 68.1 Å². The molecule has 0 saturated carbocycles. The number of nitrogens with two attached hydrogens (primary N) is 4. The Morgan fingerprint density at radius 1 is 0.541 bits per heavy atom. The number of aliphatic hydroxyl groups excluding tert-OH is 1. The number of aliphatic carboxylic acids is 1. The summed E-state index contributed by atoms with van der Waals surface area (Å²) in [4.78, 5) is 271. The number of primary amides is 2. The van der Waals surface area contributed by atoms with Crippen LogP contribution in [0.15, 0.2) is 85.2 Å². The molecule has 22 N–H and O–H groups in total. The predicted octanol–water partition coefficient (Wildman–Crippen LogP) is -1.85. The standard InChI is InChI=1S/C92H133N21O21S/c1-11-13-25-71-85(127)101-62(35-50(3)4)82(124)107-69(80(122)98-44-76(96)117)48-135-49-77(118)99-65(37-53-29-31-56(114)32-30-53)88(130)108(8)52(7)79(121)103-67(41-75(95)116)90(132)112-34-20-28-72(112)86(128)106-68(42-94)84(126)104-64(36-51(5)6)91(133)113-46-57(115)40-74(113)87(129)102-63(38-54-43-97-60-23-17-15-21-58(54)60)83(125)100-61(24-19-33-93)81(123)105-66(89(131)110(10)73(26-14-12-2)92(134)109(71)9)39-55-45-111(47-78(119)120)70-27-18-16-22-59(55)70/h15-18,21-23,27,29-32,43,45,50-52,57,61-69,71-74,97,114-115H,11-14,19-20,24-26,28,33-42,44,46-49,93-94H2,1-10H3,(H2,95,116)(H2,96,117)(H,98,122)(H,99,118)(H,100,125)(H,101,127)(H,102,129)(H,103,121)(H,104,126)(H,105,123)(H,106,128)(H,107,124)(H,119,120)/t52-,57+,61-,62-,63-,64-,65-,66-,67-,68-,69-,71-,72-,73-,74-/m0/s1. The van der Waals surface area contributed by atoms with Crippen LogP contribution in [0, 0.1) is 11.8 Å². The number of phenols is 1. The number of carboxylic acid groups (broad SMARTS) is 1. The number of nitrogens with one attached hydrogen (secondary N) is 11. The Balaban J connectivity index is 1.21. The number of aromatic nitrogens is 2. The fraction of sp³-hybridized carbons (Fsp3) is 0.565. The van der Waals surface area contributed by atoms with Gasteiger partial charge >= 0.3 is 5.97 Å². The third-order valence-corrected chi connectivity index (χ3v) is 25.4. The molecule has 3 aliphatic rings. The van der Waals surface area contributed by atoms with Crippen LogP contribution in [-0.2, 0) is 112 Å². The number of hydrogen-bond donors (Lipinski definition) is 18. The zero-order valence-corrected chi connectivity index (χ0v) is 79.0. The first-order chi connectivity index (χ1) is 64.1. The number of nitrogens with zero attached hydrogens (tertiary/aromatic N) is 6. The van der Waals surface area contributed by atoms with Crippen LogP contribution >= 0.6 is 11.8 Å². The molecule has 43 heteroatoms. The van der Waals surface area contributed by atoms with Gasteiger partial charge in [-0.05, 0) is 118 Å². The van der Waals surface area contributed by atoms with E-state index in [1.54, 1.807) is 82.4 Å². The van der Waals surface area contributed by atoms with Crippen molar-refractivity contribution in [2.24, 2.45) is 34.8 Å². The summed E-state index contributed by atoms with van der Waals surface area (Å²) in [5.41, 5.74) is 25.8. The van der Waals surface area contributed by atoms with E-state index in [0.717, 1.165) is 31.4 Å². The molecule has 135 heavy (non-hydrogen) atoms. The Morgan fingerprint density at radius 2 is 1.09 bits per heavy atom. The Kier molecular flexibility index (Phi) is 40.7. The van der Waals surface area contributed by atoms with Gasteiger partial charge in [-0.15, -0.1) is 11.8 Å². The lowest BCUT2D eigenvalue weighted by atomic mass is 9.99. The van der Waals surface area contributed by atoms with Gasteiger partial charge in [-0.2, -0.15) is 0 Å². The highest BCUT2D eigenvalue weighted by Crippen LogP contribution is 2.29. The number of phenolic OH excluding ortho intramolecular Hbond substituents is 1. The normalized spacial score (nSPS) is 24.9. The highest BCUT2D eigenvalue weighted by molar-refractivity contribution is 8.00. The van der Waals surface area contributed by atoms with Gasteiger partial charge in [0.15, 0.2) is 0 Å². The second-order valence-electron chi connectivity index (χ2n) is 35.7. The lowest BCUT2D eigenvalue weighted by Crippen LogP contribution is -2.61. The number of aromatic hydroxyl groups is 1. The summed E-state index contributed by atoms with van der Waals surface area (Å²) in [5.74, 6) is -18.7. The molecule has 0 aliphatic carbocycles. The van der Waals surface area contributed by atoms with Gasteiger partial charge in [0.1, 0.15) is 96.9 Å². The van der Waals surface area contributed by atoms with Gasteiger partial charge < -0.3 is 125 Å². The maximum absolute atomic E-state index is 16.0. The van der Waals surface area contributed by atoms with Gasteiger partial charge in [0.25, 0.3) is 0 Å². The second-order valence-corrected chi connectivity index (χ2v) is 36.7. The van der Waals surface area contributed by atoms with Crippen molar-refractivity contribution in [1.82, 2.24) is 87.2 Å². The number of hydrogen-bond acceptors (Lipinski definition) is 23. The summed E-state index contributed by atoms with van der Waals surface area (Å²) in [6.07, 6.45) is 1.21. The molecular formula is C92H133N21O21S. The quantitative estimate of drug-likeness (QED) is 0.0274. The van der Waals surface area contributed by atoms with Crippen LogP contribution in [0.4, 0.5) is 0 Å². The molecule has 738 valence electrons. The summed E-state index contributed by atoms with van der Waals surface area (Å²) >= 11 is 0.786. The monoisotopic (exact) mass is 1900 g/mol. The van der Waals surface area contributed by atoms with Gasteiger partial charge in [-0.25, -0.2) is 0 Å². The smallest absolute Gasteiger partial charge is 0.323 e. The minimum atomic E-state index is -1.77. The number of likely N-dealkylation sites (N-methyl/N-ethyl adjacent to an activating group) is 3. The highest BCUT2D eigenvalue weighted by Gasteiger charge is 2.47. The molecule has 0 bridgehead atoms. The Hall–Kier alpha value is -12.8. The third kappa shape index (κ3) is 30.1. The van der Waals surface area contributed by atoms with Crippen molar-refractivity contribution in [2.45, 2.75) is 255 Å². The number of fused-ring (bicyclic) bond motifs is 4. The molecule has 8 rings (SSSR count). The lowest BCUT2D eigenvalue weighted by molar-refractivity contribution is -0.149. The van der Waals surface area contributed by atoms with E-state index in [2.05, 4.69) is 58.2 Å². The van der Waals surface area contributed by atoms with Crippen molar-refractivity contribution in [2.75, 3.05) is 65.4 Å². The van der Waals surface area contributed by atoms with Gasteiger partial charge in [-0.1, -0.05) is 116 Å². The zero-order valence-electron chi connectivity index (χ0n) is 78.2. The van der Waals surface area contributed by atoms with E-state index in [4.69, 9.17) is 22.9 Å². The van der Waals surface area contributed by atoms with Gasteiger partial charge in [-0.3, -0.25) is 86.3 Å². The molecule has 3 saturated heterocycles. The molecular weight excluding hydrogens is 1770 g/mol. The topological polar surface area (TPSA) is 629 Å². The molecule has 0 radical (unpaired) electrons. The average molecular weight is 1900 g/mol. The van der Waals surface area contributed by atoms with Crippen molar-refractivity contribution >= 4 is 140 Å². The number of aromatic amines is 1. The molecule has 15 atom stereocenters. The number of amides is 17. The highest BCUT2D eigenvalue weighted by atomic mass is 32.2. The van der Waals surface area contributed by atoms with Crippen LogP contribution < -0.4 is 76.1 Å². The van der Waals surface area contributed by atoms with E-state index in [1.165, 1.54) is 68.0 Å². The molecule has 42 nitrogen and oxygen atoms in total. The first kappa shape index (κ1) is 108. The number of carbonyl (C=O) groups is 18. The summed E-state index contributed by atoms with van der Waals surface area (Å²) in [7, 11) is 3.93. The zero-order chi connectivity index (χ0) is 99.4. The van der Waals surface area contributed by atoms with Gasteiger partial charge in [0, 0.05) is 106 Å². The van der Waals surface area contributed by atoms with Crippen molar-refractivity contribution in [3.8, 4) is 5.75 Å². The number of benzene rings is 3. The minimum Gasteiger partial charge on any atom is -0.508 e. The summed E-state index contributed by atoms with van der Waals surface area (Å²) in [6.45, 7) is 9.53. The van der Waals surface area contributed by atoms with Crippen molar-refractivity contribution in [3.05, 3.63) is 102 Å². The number of unbranched alkanes of at least 4 members (excludes halogenated alkanes) is 2. The number of carboxylic acids is 1. The number of thioether (sulfide) groups is 1. The molecule has 3 fully saturated rings. The van der Waals surface area contributed by atoms with Crippen LogP contribution in [0.3, 0.4) is 0 Å². The van der Waals surface area contributed by atoms with E-state index >= 15 is 33.6 Å². The largest absolute Gasteiger partial charge is 0.508 e. The third-order valence-electron chi connectivity index (χ3n) is 24.3. The maximum atomic E-state index is 16.0. The van der Waals surface area contributed by atoms with E-state index < -0.39 is 241 Å².